The van der Waals surface area contributed by atoms with Crippen LogP contribution in [0.2, 0.25) is 0 Å². The largest absolute Gasteiger partial charge is 0.393 e. The maximum atomic E-state index is 8.88. The summed E-state index contributed by atoms with van der Waals surface area (Å²) in [6, 6.07) is 1.46. The fraction of sp³-hybridized carbons (Fsp3) is 1.00. The fourth-order valence-electron chi connectivity index (χ4n) is 1.12. The van der Waals surface area contributed by atoms with Gasteiger partial charge in [-0.05, 0) is 47.1 Å². The Balaban J connectivity index is 0. The number of hydrogen-bond donors (Lipinski definition) is 2. The molecule has 0 aliphatic rings. The predicted molar refractivity (Wildman–Crippen MR) is 75.3 cm³/mol. The maximum absolute atomic E-state index is 8.88. The van der Waals surface area contributed by atoms with Crippen LogP contribution < -0.4 is 0 Å². The van der Waals surface area contributed by atoms with E-state index in [4.69, 9.17) is 10.2 Å². The van der Waals surface area contributed by atoms with Crippen LogP contribution in [0, 0.1) is 0 Å². The van der Waals surface area contributed by atoms with Crippen molar-refractivity contribution in [3.05, 3.63) is 0 Å². The molecule has 0 radical (unpaired) electrons. The van der Waals surface area contributed by atoms with Gasteiger partial charge < -0.3 is 15.1 Å². The minimum Gasteiger partial charge on any atom is -0.393 e. The van der Waals surface area contributed by atoms with E-state index in [0.29, 0.717) is 6.42 Å². The van der Waals surface area contributed by atoms with Crippen LogP contribution in [0.25, 0.3) is 0 Å². The van der Waals surface area contributed by atoms with Crippen molar-refractivity contribution >= 4 is 0 Å². The van der Waals surface area contributed by atoms with Gasteiger partial charge in [-0.15, -0.1) is 0 Å². The lowest BCUT2D eigenvalue weighted by atomic mass is 10.1. The van der Waals surface area contributed by atoms with E-state index < -0.39 is 5.60 Å². The fourth-order valence-corrected chi connectivity index (χ4v) is 1.12. The monoisotopic (exact) mass is 247 g/mol. The molecular formula is C14H33NO2. The van der Waals surface area contributed by atoms with E-state index in [2.05, 4.69) is 39.6 Å². The van der Waals surface area contributed by atoms with Gasteiger partial charge in [0.15, 0.2) is 0 Å². The molecule has 0 aromatic carbocycles. The Hall–Kier alpha value is -0.120. The summed E-state index contributed by atoms with van der Waals surface area (Å²) < 4.78 is 0. The minimum absolute atomic E-state index is 0.149. The molecule has 0 saturated heterocycles. The van der Waals surface area contributed by atoms with Crippen LogP contribution >= 0.6 is 0 Å². The second kappa shape index (κ2) is 9.86. The molecule has 17 heavy (non-hydrogen) atoms. The van der Waals surface area contributed by atoms with Crippen molar-refractivity contribution in [1.82, 2.24) is 4.90 Å². The minimum atomic E-state index is -0.861. The number of rotatable bonds is 6. The molecule has 0 amide bonds. The third-order valence-electron chi connectivity index (χ3n) is 3.67. The van der Waals surface area contributed by atoms with Crippen molar-refractivity contribution in [2.45, 2.75) is 78.5 Å². The van der Waals surface area contributed by atoms with E-state index in [0.717, 1.165) is 12.1 Å². The van der Waals surface area contributed by atoms with Crippen molar-refractivity contribution in [1.29, 1.82) is 0 Å². The van der Waals surface area contributed by atoms with Crippen LogP contribution in [0.3, 0.4) is 0 Å². The van der Waals surface area contributed by atoms with Gasteiger partial charge in [0.1, 0.15) is 0 Å². The lowest BCUT2D eigenvalue weighted by Crippen LogP contribution is -2.35. The van der Waals surface area contributed by atoms with Crippen molar-refractivity contribution in [3.63, 3.8) is 0 Å². The van der Waals surface area contributed by atoms with E-state index in [1.165, 1.54) is 12.8 Å². The first-order valence-electron chi connectivity index (χ1n) is 6.80. The highest BCUT2D eigenvalue weighted by molar-refractivity contribution is 4.67. The van der Waals surface area contributed by atoms with Crippen molar-refractivity contribution < 1.29 is 10.2 Å². The smallest absolute Gasteiger partial charge is 0.0846 e. The van der Waals surface area contributed by atoms with Gasteiger partial charge in [-0.3, -0.25) is 0 Å². The molecule has 0 rings (SSSR count). The van der Waals surface area contributed by atoms with Crippen LogP contribution in [-0.4, -0.2) is 46.5 Å². The van der Waals surface area contributed by atoms with Gasteiger partial charge in [-0.1, -0.05) is 20.8 Å². The molecular weight excluding hydrogens is 214 g/mol. The van der Waals surface area contributed by atoms with Crippen LogP contribution in [-0.2, 0) is 0 Å². The van der Waals surface area contributed by atoms with E-state index in [1.807, 2.05) is 6.92 Å². The molecule has 0 bridgehead atoms. The topological polar surface area (TPSA) is 43.7 Å². The number of hydrogen-bond acceptors (Lipinski definition) is 3. The standard InChI is InChI=1S/C9H21N.C5H12O2/c1-6-8(3)10(5)9(4)7-2;1-3-5(2,7)4-6/h8-9H,6-7H2,1-5H3;6-7H,3-4H2,1-2H3. The molecule has 0 aliphatic heterocycles. The zero-order valence-electron chi connectivity index (χ0n) is 12.8. The summed E-state index contributed by atoms with van der Waals surface area (Å²) in [7, 11) is 2.21. The molecule has 0 fully saturated rings. The van der Waals surface area contributed by atoms with Gasteiger partial charge in [-0.25, -0.2) is 0 Å². The number of aliphatic hydroxyl groups is 2. The average molecular weight is 247 g/mol. The van der Waals surface area contributed by atoms with Gasteiger partial charge >= 0.3 is 0 Å². The second-order valence-corrected chi connectivity index (χ2v) is 5.19. The van der Waals surface area contributed by atoms with Gasteiger partial charge in [0.25, 0.3) is 0 Å². The third-order valence-corrected chi connectivity index (χ3v) is 3.67. The SMILES string of the molecule is CCC(C)(O)CO.CCC(C)N(C)C(C)CC. The molecule has 0 aromatic heterocycles. The molecule has 106 valence electrons. The van der Waals surface area contributed by atoms with Gasteiger partial charge in [-0.2, -0.15) is 0 Å². The zero-order valence-corrected chi connectivity index (χ0v) is 12.8. The Bertz CT molecular complexity index is 156. The Morgan fingerprint density at radius 1 is 1.06 bits per heavy atom. The number of nitrogens with zero attached hydrogens (tertiary/aromatic N) is 1. The summed E-state index contributed by atoms with van der Waals surface area (Å²) in [5.74, 6) is 0. The van der Waals surface area contributed by atoms with Crippen molar-refractivity contribution in [2.75, 3.05) is 13.7 Å². The van der Waals surface area contributed by atoms with Crippen molar-refractivity contribution in [2.24, 2.45) is 0 Å². The summed E-state index contributed by atoms with van der Waals surface area (Å²) in [5, 5.41) is 17.2. The zero-order chi connectivity index (χ0) is 14.1. The van der Waals surface area contributed by atoms with Crippen LogP contribution in [0.1, 0.15) is 60.8 Å². The third kappa shape index (κ3) is 9.57. The summed E-state index contributed by atoms with van der Waals surface area (Å²) in [6.45, 7) is 12.3. The highest BCUT2D eigenvalue weighted by atomic mass is 16.3. The summed E-state index contributed by atoms with van der Waals surface area (Å²) >= 11 is 0. The van der Waals surface area contributed by atoms with E-state index >= 15 is 0 Å². The lowest BCUT2D eigenvalue weighted by molar-refractivity contribution is -0.00107. The van der Waals surface area contributed by atoms with Gasteiger partial charge in [0, 0.05) is 12.1 Å². The average Bonchev–Trinajstić information content (AvgIpc) is 2.36. The quantitative estimate of drug-likeness (QED) is 0.758. The molecule has 2 N–H and O–H groups in total. The summed E-state index contributed by atoms with van der Waals surface area (Å²) in [4.78, 5) is 2.44. The molecule has 3 atom stereocenters. The first-order valence-corrected chi connectivity index (χ1v) is 6.80. The molecule has 3 nitrogen and oxygen atoms in total. The Morgan fingerprint density at radius 3 is 1.53 bits per heavy atom. The molecule has 0 aromatic rings. The van der Waals surface area contributed by atoms with Gasteiger partial charge in [0.05, 0.1) is 12.2 Å². The lowest BCUT2D eigenvalue weighted by Gasteiger charge is -2.29. The molecule has 0 aliphatic carbocycles. The van der Waals surface area contributed by atoms with Crippen LogP contribution in [0.4, 0.5) is 0 Å². The van der Waals surface area contributed by atoms with Crippen LogP contribution in [0.5, 0.6) is 0 Å². The van der Waals surface area contributed by atoms with Gasteiger partial charge in [0.2, 0.25) is 0 Å². The molecule has 3 unspecified atom stereocenters. The van der Waals surface area contributed by atoms with E-state index in [-0.39, 0.29) is 6.61 Å². The van der Waals surface area contributed by atoms with Crippen LogP contribution in [0.15, 0.2) is 0 Å². The van der Waals surface area contributed by atoms with Crippen molar-refractivity contribution in [3.8, 4) is 0 Å². The predicted octanol–water partition coefficient (Wildman–Crippen LogP) is 2.65. The summed E-state index contributed by atoms with van der Waals surface area (Å²) in [6.07, 6.45) is 3.10. The molecule has 0 saturated carbocycles. The first kappa shape index (κ1) is 19.2. The highest BCUT2D eigenvalue weighted by Crippen LogP contribution is 2.07. The first-order chi connectivity index (χ1) is 7.75. The maximum Gasteiger partial charge on any atom is 0.0846 e. The number of aliphatic hydroxyl groups excluding tert-OH is 1. The molecule has 0 spiro atoms. The highest BCUT2D eigenvalue weighted by Gasteiger charge is 2.14. The van der Waals surface area contributed by atoms with E-state index in [9.17, 15) is 0 Å². The van der Waals surface area contributed by atoms with E-state index in [1.54, 1.807) is 6.92 Å². The Labute approximate surface area is 108 Å². The second-order valence-electron chi connectivity index (χ2n) is 5.19. The molecule has 0 heterocycles. The Kier molecular flexibility index (Phi) is 11.2. The normalized spacial score (nSPS) is 18.0. The summed E-state index contributed by atoms with van der Waals surface area (Å²) in [5.41, 5.74) is -0.861. The Morgan fingerprint density at radius 2 is 1.41 bits per heavy atom. The molecule has 3 heteroatoms.